The average molecular weight is 466 g/mol. The molecule has 1 saturated heterocycles. The van der Waals surface area contributed by atoms with Gasteiger partial charge in [-0.05, 0) is 43.0 Å². The summed E-state index contributed by atoms with van der Waals surface area (Å²) in [6.07, 6.45) is 3.23. The lowest BCUT2D eigenvalue weighted by molar-refractivity contribution is -0.150. The van der Waals surface area contributed by atoms with Gasteiger partial charge >= 0.3 is 12.0 Å². The van der Waals surface area contributed by atoms with Crippen LogP contribution in [0.1, 0.15) is 32.6 Å². The molecule has 1 aliphatic carbocycles. The van der Waals surface area contributed by atoms with E-state index in [1.165, 1.54) is 0 Å². The van der Waals surface area contributed by atoms with Gasteiger partial charge in [-0.1, -0.05) is 50.1 Å². The number of rotatable bonds is 7. The highest BCUT2D eigenvalue weighted by Crippen LogP contribution is 2.38. The van der Waals surface area contributed by atoms with Crippen LogP contribution in [0.3, 0.4) is 0 Å². The molecule has 0 aromatic heterocycles. The zero-order valence-corrected chi connectivity index (χ0v) is 18.9. The number of benzene rings is 2. The van der Waals surface area contributed by atoms with Crippen molar-refractivity contribution in [3.63, 3.8) is 0 Å². The predicted octanol–water partition coefficient (Wildman–Crippen LogP) is 3.46. The van der Waals surface area contributed by atoms with Crippen LogP contribution in [0, 0.1) is 5.92 Å². The number of nitrogens with one attached hydrogen (secondary N) is 2. The summed E-state index contributed by atoms with van der Waals surface area (Å²) in [6, 6.07) is 15.4. The Bertz CT molecular complexity index is 1090. The first kappa shape index (κ1) is 23.3. The number of para-hydroxylation sites is 3. The first-order chi connectivity index (χ1) is 16.4. The molecular formula is C25H27N3O6. The van der Waals surface area contributed by atoms with E-state index >= 15 is 0 Å². The fourth-order valence-electron chi connectivity index (χ4n) is 4.42. The Morgan fingerprint density at radius 2 is 1.82 bits per heavy atom. The largest absolute Gasteiger partial charge is 0.455 e. The monoisotopic (exact) mass is 465 g/mol. The van der Waals surface area contributed by atoms with Crippen LogP contribution in [-0.4, -0.2) is 47.4 Å². The van der Waals surface area contributed by atoms with Crippen LogP contribution in [0.25, 0.3) is 0 Å². The summed E-state index contributed by atoms with van der Waals surface area (Å²) in [5, 5.41) is 5.43. The second-order valence-corrected chi connectivity index (χ2v) is 8.56. The Kier molecular flexibility index (Phi) is 6.81. The lowest BCUT2D eigenvalue weighted by Gasteiger charge is -2.36. The van der Waals surface area contributed by atoms with Crippen LogP contribution < -0.4 is 15.4 Å². The summed E-state index contributed by atoms with van der Waals surface area (Å²) in [5.41, 5.74) is -0.537. The molecule has 34 heavy (non-hydrogen) atoms. The second-order valence-electron chi connectivity index (χ2n) is 8.56. The van der Waals surface area contributed by atoms with Crippen molar-refractivity contribution < 1.29 is 28.7 Å². The number of amides is 4. The lowest BCUT2D eigenvalue weighted by Crippen LogP contribution is -2.54. The fourth-order valence-corrected chi connectivity index (χ4v) is 4.42. The zero-order chi connectivity index (χ0) is 24.1. The molecule has 2 aromatic rings. The Morgan fingerprint density at radius 3 is 2.59 bits per heavy atom. The molecule has 9 heteroatoms. The third-order valence-electron chi connectivity index (χ3n) is 6.29. The fraction of sp³-hybridized carbons (Fsp3) is 0.360. The van der Waals surface area contributed by atoms with Gasteiger partial charge in [-0.25, -0.2) is 4.79 Å². The summed E-state index contributed by atoms with van der Waals surface area (Å²) >= 11 is 0. The highest BCUT2D eigenvalue weighted by atomic mass is 16.5. The first-order valence-corrected chi connectivity index (χ1v) is 11.3. The molecule has 2 fully saturated rings. The smallest absolute Gasteiger partial charge is 0.326 e. The van der Waals surface area contributed by atoms with Crippen molar-refractivity contribution in [2.75, 3.05) is 18.5 Å². The van der Waals surface area contributed by atoms with Gasteiger partial charge in [0.25, 0.3) is 11.8 Å². The summed E-state index contributed by atoms with van der Waals surface area (Å²) in [7, 11) is 0. The van der Waals surface area contributed by atoms with E-state index < -0.39 is 42.5 Å². The van der Waals surface area contributed by atoms with Gasteiger partial charge in [-0.3, -0.25) is 19.3 Å². The third-order valence-corrected chi connectivity index (χ3v) is 6.29. The maximum atomic E-state index is 12.9. The quantitative estimate of drug-likeness (QED) is 0.478. The highest BCUT2D eigenvalue weighted by Gasteiger charge is 2.55. The summed E-state index contributed by atoms with van der Waals surface area (Å²) in [4.78, 5) is 50.9. The average Bonchev–Trinajstić information content (AvgIpc) is 3.06. The molecule has 1 aliphatic heterocycles. The van der Waals surface area contributed by atoms with Crippen molar-refractivity contribution >= 4 is 29.5 Å². The van der Waals surface area contributed by atoms with Crippen molar-refractivity contribution in [3.8, 4) is 11.5 Å². The van der Waals surface area contributed by atoms with E-state index in [1.54, 1.807) is 36.4 Å². The molecule has 1 saturated carbocycles. The SMILES string of the molecule is CC1CCCCC12NC(=O)N(CC(=O)OCC(=O)Nc1ccccc1Oc1ccccc1)C2=O. The number of ether oxygens (including phenoxy) is 2. The van der Waals surface area contributed by atoms with Gasteiger partial charge in [0.15, 0.2) is 12.4 Å². The molecule has 1 heterocycles. The van der Waals surface area contributed by atoms with E-state index in [9.17, 15) is 19.2 Å². The maximum Gasteiger partial charge on any atom is 0.326 e. The minimum Gasteiger partial charge on any atom is -0.455 e. The first-order valence-electron chi connectivity index (χ1n) is 11.3. The maximum absolute atomic E-state index is 12.9. The van der Waals surface area contributed by atoms with E-state index in [2.05, 4.69) is 10.6 Å². The minimum absolute atomic E-state index is 0.0114. The Morgan fingerprint density at radius 1 is 1.09 bits per heavy atom. The number of imide groups is 1. The molecule has 2 aliphatic rings. The molecular weight excluding hydrogens is 438 g/mol. The van der Waals surface area contributed by atoms with Crippen molar-refractivity contribution in [3.05, 3.63) is 54.6 Å². The molecule has 2 unspecified atom stereocenters. The third kappa shape index (κ3) is 4.88. The van der Waals surface area contributed by atoms with Gasteiger partial charge in [0.05, 0.1) is 5.69 Å². The molecule has 2 atom stereocenters. The predicted molar refractivity (Wildman–Crippen MR) is 123 cm³/mol. The van der Waals surface area contributed by atoms with Crippen LogP contribution in [0.4, 0.5) is 10.5 Å². The van der Waals surface area contributed by atoms with Gasteiger partial charge in [0.2, 0.25) is 0 Å². The Balaban J connectivity index is 1.31. The van der Waals surface area contributed by atoms with E-state index in [-0.39, 0.29) is 5.92 Å². The van der Waals surface area contributed by atoms with Gasteiger partial charge in [0, 0.05) is 0 Å². The van der Waals surface area contributed by atoms with Crippen LogP contribution in [0.2, 0.25) is 0 Å². The lowest BCUT2D eigenvalue weighted by atomic mass is 9.73. The Hall–Kier alpha value is -3.88. The second kappa shape index (κ2) is 9.94. The topological polar surface area (TPSA) is 114 Å². The van der Waals surface area contributed by atoms with E-state index in [1.807, 2.05) is 25.1 Å². The van der Waals surface area contributed by atoms with Crippen molar-refractivity contribution in [1.29, 1.82) is 0 Å². The van der Waals surface area contributed by atoms with Crippen LogP contribution >= 0.6 is 0 Å². The van der Waals surface area contributed by atoms with Crippen molar-refractivity contribution in [1.82, 2.24) is 10.2 Å². The van der Waals surface area contributed by atoms with Crippen molar-refractivity contribution in [2.24, 2.45) is 5.92 Å². The van der Waals surface area contributed by atoms with Crippen molar-refractivity contribution in [2.45, 2.75) is 38.1 Å². The minimum atomic E-state index is -0.949. The number of nitrogens with zero attached hydrogens (tertiary/aromatic N) is 1. The summed E-state index contributed by atoms with van der Waals surface area (Å²) in [5.74, 6) is -0.797. The molecule has 2 N–H and O–H groups in total. The molecule has 4 rings (SSSR count). The summed E-state index contributed by atoms with van der Waals surface area (Å²) in [6.45, 7) is 0.826. The number of hydrogen-bond acceptors (Lipinski definition) is 6. The molecule has 1 spiro atoms. The molecule has 0 radical (unpaired) electrons. The van der Waals surface area contributed by atoms with Gasteiger partial charge < -0.3 is 20.1 Å². The number of urea groups is 1. The number of carbonyl (C=O) groups is 4. The van der Waals surface area contributed by atoms with Gasteiger partial charge in [0.1, 0.15) is 17.8 Å². The van der Waals surface area contributed by atoms with Crippen LogP contribution in [0.5, 0.6) is 11.5 Å². The molecule has 0 bridgehead atoms. The normalized spacial score (nSPS) is 21.8. The Labute approximate surface area is 197 Å². The van der Waals surface area contributed by atoms with Gasteiger partial charge in [-0.15, -0.1) is 0 Å². The number of hydrogen-bond donors (Lipinski definition) is 2. The van der Waals surface area contributed by atoms with Crippen LogP contribution in [0.15, 0.2) is 54.6 Å². The van der Waals surface area contributed by atoms with Gasteiger partial charge in [-0.2, -0.15) is 0 Å². The summed E-state index contributed by atoms with van der Waals surface area (Å²) < 4.78 is 10.8. The molecule has 4 amide bonds. The number of esters is 1. The standard InChI is InChI=1S/C25H27N3O6/c1-17-9-7-8-14-25(17)23(31)28(24(32)27-25)15-22(30)33-16-21(29)26-19-12-5-6-13-20(19)34-18-10-3-2-4-11-18/h2-6,10-13,17H,7-9,14-16H2,1H3,(H,26,29)(H,27,32). The van der Waals surface area contributed by atoms with E-state index in [4.69, 9.17) is 9.47 Å². The molecule has 9 nitrogen and oxygen atoms in total. The van der Waals surface area contributed by atoms with E-state index in [0.29, 0.717) is 23.6 Å². The zero-order valence-electron chi connectivity index (χ0n) is 18.9. The van der Waals surface area contributed by atoms with Crippen LogP contribution in [-0.2, 0) is 19.1 Å². The van der Waals surface area contributed by atoms with E-state index in [0.717, 1.165) is 24.2 Å². The highest BCUT2D eigenvalue weighted by molar-refractivity contribution is 6.09. The molecule has 2 aromatic carbocycles. The molecule has 178 valence electrons. The number of anilines is 1. The number of carbonyl (C=O) groups excluding carboxylic acids is 4.